The molecular weight excluding hydrogens is 346 g/mol. The number of nitrogens with one attached hydrogen (secondary N) is 1. The van der Waals surface area contributed by atoms with Crippen LogP contribution in [0, 0.1) is 0 Å². The molecule has 0 saturated carbocycles. The third kappa shape index (κ3) is 5.92. The number of hydrogen-bond donors (Lipinski definition) is 1. The van der Waals surface area contributed by atoms with Gasteiger partial charge in [-0.25, -0.2) is 0 Å². The van der Waals surface area contributed by atoms with Crippen molar-refractivity contribution < 1.29 is 14.3 Å². The Bertz CT molecular complexity index is 733. The van der Waals surface area contributed by atoms with Gasteiger partial charge >= 0.3 is 5.97 Å². The highest BCUT2D eigenvalue weighted by atomic mass is 32.2. The van der Waals surface area contributed by atoms with Gasteiger partial charge in [0.15, 0.2) is 6.10 Å². The van der Waals surface area contributed by atoms with Crippen LogP contribution >= 0.6 is 11.8 Å². The van der Waals surface area contributed by atoms with E-state index in [0.717, 1.165) is 22.6 Å². The van der Waals surface area contributed by atoms with Crippen LogP contribution < -0.4 is 5.32 Å². The Balaban J connectivity index is 1.88. The van der Waals surface area contributed by atoms with Crippen molar-refractivity contribution in [1.82, 2.24) is 0 Å². The van der Waals surface area contributed by atoms with Crippen LogP contribution in [0.15, 0.2) is 59.5 Å². The smallest absolute Gasteiger partial charge is 0.317 e. The summed E-state index contributed by atoms with van der Waals surface area (Å²) in [5, 5.41) is 2.88. The lowest BCUT2D eigenvalue weighted by molar-refractivity contribution is -0.150. The van der Waals surface area contributed by atoms with Crippen molar-refractivity contribution in [3.63, 3.8) is 0 Å². The van der Waals surface area contributed by atoms with E-state index in [4.69, 9.17) is 4.74 Å². The standard InChI is InChI=1S/C21H25NO3S/c1-4-15(2)18-12-8-9-13-19(18)22-21(24)16(3)25-20(23)14-26-17-10-6-5-7-11-17/h5-13,15-16H,4,14H2,1-3H3,(H,22,24)/t15-,16+/m0/s1. The largest absolute Gasteiger partial charge is 0.452 e. The second-order valence-corrected chi connectivity index (χ2v) is 7.17. The van der Waals surface area contributed by atoms with Gasteiger partial charge in [-0.3, -0.25) is 9.59 Å². The molecule has 2 aromatic carbocycles. The minimum absolute atomic E-state index is 0.172. The third-order valence-corrected chi connectivity index (χ3v) is 5.12. The van der Waals surface area contributed by atoms with Crippen molar-refractivity contribution in [3.8, 4) is 0 Å². The van der Waals surface area contributed by atoms with Gasteiger partial charge in [0.05, 0.1) is 5.75 Å². The normalized spacial score (nSPS) is 12.9. The summed E-state index contributed by atoms with van der Waals surface area (Å²) in [6.07, 6.45) is 0.137. The van der Waals surface area contributed by atoms with Crippen LogP contribution in [0.25, 0.3) is 0 Å². The predicted molar refractivity (Wildman–Crippen MR) is 106 cm³/mol. The molecule has 1 amide bonds. The number of hydrogen-bond acceptors (Lipinski definition) is 4. The lowest BCUT2D eigenvalue weighted by Crippen LogP contribution is -2.31. The first-order valence-corrected chi connectivity index (χ1v) is 9.77. The summed E-state index contributed by atoms with van der Waals surface area (Å²) in [5.74, 6) is -0.215. The van der Waals surface area contributed by atoms with E-state index < -0.39 is 12.1 Å². The zero-order valence-corrected chi connectivity index (χ0v) is 16.2. The van der Waals surface area contributed by atoms with Crippen molar-refractivity contribution in [2.45, 2.75) is 44.1 Å². The van der Waals surface area contributed by atoms with Crippen LogP contribution in [-0.2, 0) is 14.3 Å². The van der Waals surface area contributed by atoms with Gasteiger partial charge < -0.3 is 10.1 Å². The number of amides is 1. The highest BCUT2D eigenvalue weighted by Gasteiger charge is 2.19. The van der Waals surface area contributed by atoms with Crippen LogP contribution in [0.1, 0.15) is 38.7 Å². The van der Waals surface area contributed by atoms with Gasteiger partial charge in [0, 0.05) is 10.6 Å². The highest BCUT2D eigenvalue weighted by molar-refractivity contribution is 8.00. The van der Waals surface area contributed by atoms with Crippen LogP contribution in [0.2, 0.25) is 0 Å². The van der Waals surface area contributed by atoms with E-state index in [1.807, 2.05) is 54.6 Å². The summed E-state index contributed by atoms with van der Waals surface area (Å²) < 4.78 is 5.26. The molecule has 2 aromatic rings. The molecule has 0 fully saturated rings. The molecule has 0 unspecified atom stereocenters. The van der Waals surface area contributed by atoms with Crippen molar-refractivity contribution in [2.75, 3.05) is 11.1 Å². The first-order chi connectivity index (χ1) is 12.5. The number of para-hydroxylation sites is 1. The van der Waals surface area contributed by atoms with Gasteiger partial charge in [-0.05, 0) is 43.0 Å². The SMILES string of the molecule is CC[C@H](C)c1ccccc1NC(=O)[C@@H](C)OC(=O)CSc1ccccc1. The van der Waals surface area contributed by atoms with E-state index in [1.54, 1.807) is 6.92 Å². The fourth-order valence-corrected chi connectivity index (χ4v) is 3.14. The van der Waals surface area contributed by atoms with Crippen LogP contribution in [-0.4, -0.2) is 23.7 Å². The first-order valence-electron chi connectivity index (χ1n) is 8.78. The molecule has 0 aliphatic heterocycles. The maximum Gasteiger partial charge on any atom is 0.317 e. The van der Waals surface area contributed by atoms with Gasteiger partial charge in [0.1, 0.15) is 0 Å². The fraction of sp³-hybridized carbons (Fsp3) is 0.333. The van der Waals surface area contributed by atoms with Gasteiger partial charge in [-0.15, -0.1) is 11.8 Å². The maximum atomic E-state index is 12.4. The van der Waals surface area contributed by atoms with Crippen LogP contribution in [0.3, 0.4) is 0 Å². The zero-order chi connectivity index (χ0) is 18.9. The Labute approximate surface area is 159 Å². The molecule has 0 aliphatic rings. The molecule has 0 aliphatic carbocycles. The fourth-order valence-electron chi connectivity index (χ4n) is 2.44. The quantitative estimate of drug-likeness (QED) is 0.532. The topological polar surface area (TPSA) is 55.4 Å². The van der Waals surface area contributed by atoms with E-state index in [2.05, 4.69) is 19.2 Å². The molecule has 4 nitrogen and oxygen atoms in total. The first kappa shape index (κ1) is 20.0. The molecule has 0 saturated heterocycles. The van der Waals surface area contributed by atoms with Gasteiger partial charge in [-0.2, -0.15) is 0 Å². The van der Waals surface area contributed by atoms with Crippen LogP contribution in [0.4, 0.5) is 5.69 Å². The van der Waals surface area contributed by atoms with Crippen LogP contribution in [0.5, 0.6) is 0 Å². The monoisotopic (exact) mass is 371 g/mol. The van der Waals surface area contributed by atoms with Gasteiger partial charge in [0.2, 0.25) is 0 Å². The second kappa shape index (κ2) is 10.0. The second-order valence-electron chi connectivity index (χ2n) is 6.12. The van der Waals surface area contributed by atoms with Crippen molar-refractivity contribution in [3.05, 3.63) is 60.2 Å². The molecule has 0 bridgehead atoms. The molecule has 2 atom stereocenters. The lowest BCUT2D eigenvalue weighted by atomic mass is 9.97. The van der Waals surface area contributed by atoms with Crippen molar-refractivity contribution in [2.24, 2.45) is 0 Å². The van der Waals surface area contributed by atoms with E-state index in [1.165, 1.54) is 11.8 Å². The number of anilines is 1. The Morgan fingerprint density at radius 2 is 1.69 bits per heavy atom. The molecule has 26 heavy (non-hydrogen) atoms. The Kier molecular flexibility index (Phi) is 7.73. The lowest BCUT2D eigenvalue weighted by Gasteiger charge is -2.18. The molecule has 5 heteroatoms. The van der Waals surface area contributed by atoms with Crippen molar-refractivity contribution in [1.29, 1.82) is 0 Å². The van der Waals surface area contributed by atoms with E-state index >= 15 is 0 Å². The zero-order valence-electron chi connectivity index (χ0n) is 15.4. The summed E-state index contributed by atoms with van der Waals surface area (Å²) in [4.78, 5) is 25.4. The number of benzene rings is 2. The highest BCUT2D eigenvalue weighted by Crippen LogP contribution is 2.26. The molecule has 0 radical (unpaired) electrons. The van der Waals surface area contributed by atoms with Crippen molar-refractivity contribution >= 4 is 29.3 Å². The van der Waals surface area contributed by atoms with E-state index in [9.17, 15) is 9.59 Å². The Morgan fingerprint density at radius 3 is 2.38 bits per heavy atom. The Morgan fingerprint density at radius 1 is 1.04 bits per heavy atom. The van der Waals surface area contributed by atoms with Gasteiger partial charge in [0.25, 0.3) is 5.91 Å². The number of ether oxygens (including phenoxy) is 1. The summed E-state index contributed by atoms with van der Waals surface area (Å²) in [6, 6.07) is 17.3. The number of rotatable bonds is 8. The number of carbonyl (C=O) groups excluding carboxylic acids is 2. The minimum atomic E-state index is -0.844. The van der Waals surface area contributed by atoms with E-state index in [-0.39, 0.29) is 11.7 Å². The molecule has 138 valence electrons. The molecule has 1 N–H and O–H groups in total. The van der Waals surface area contributed by atoms with E-state index in [0.29, 0.717) is 5.92 Å². The molecule has 0 spiro atoms. The summed E-state index contributed by atoms with van der Waals surface area (Å²) in [6.45, 7) is 5.82. The minimum Gasteiger partial charge on any atom is -0.452 e. The predicted octanol–water partition coefficient (Wildman–Crippen LogP) is 4.86. The van der Waals surface area contributed by atoms with Gasteiger partial charge in [-0.1, -0.05) is 50.2 Å². The summed E-state index contributed by atoms with van der Waals surface area (Å²) >= 11 is 1.39. The molecule has 0 heterocycles. The summed E-state index contributed by atoms with van der Waals surface area (Å²) in [5.41, 5.74) is 1.86. The number of esters is 1. The Hall–Kier alpha value is -2.27. The summed E-state index contributed by atoms with van der Waals surface area (Å²) in [7, 11) is 0. The molecule has 2 rings (SSSR count). The number of carbonyl (C=O) groups is 2. The molecule has 0 aromatic heterocycles. The average Bonchev–Trinajstić information content (AvgIpc) is 2.67. The third-order valence-electron chi connectivity index (χ3n) is 4.14. The molecular formula is C21H25NO3S. The average molecular weight is 372 g/mol. The number of thioether (sulfide) groups is 1. The maximum absolute atomic E-state index is 12.4.